The van der Waals surface area contributed by atoms with E-state index in [0.717, 1.165) is 0 Å². The van der Waals surface area contributed by atoms with Crippen molar-refractivity contribution in [1.82, 2.24) is 4.67 Å². The van der Waals surface area contributed by atoms with E-state index in [0.29, 0.717) is 6.04 Å². The molecule has 0 amide bonds. The van der Waals surface area contributed by atoms with Crippen molar-refractivity contribution >= 4 is 8.96 Å². The molecule has 1 aromatic rings. The minimum atomic E-state index is -0.0485. The molecule has 0 aromatic heterocycles. The molecule has 2 saturated heterocycles. The minimum absolute atomic E-state index is 0.0485. The van der Waals surface area contributed by atoms with Crippen LogP contribution in [0.15, 0.2) is 30.3 Å². The first-order valence-corrected chi connectivity index (χ1v) is 6.62. The molecule has 1 aromatic carbocycles. The second-order valence-electron chi connectivity index (χ2n) is 4.59. The molecule has 2 fully saturated rings. The number of hydrogen-bond donors (Lipinski definition) is 0. The standard InChI is InChI=1S/C12H16NOP/c1-12(10-6-3-2-4-7-10)11-8-5-9-13(11)15-14-12/h2-4,6-7,11,15H,5,8-9H2,1H3/p+1/t11-,12+/m0/s1. The van der Waals surface area contributed by atoms with Gasteiger partial charge in [0.25, 0.3) is 0 Å². The molecule has 2 aliphatic rings. The van der Waals surface area contributed by atoms with Crippen LogP contribution in [0.25, 0.3) is 0 Å². The van der Waals surface area contributed by atoms with Crippen molar-refractivity contribution in [3.63, 3.8) is 0 Å². The normalized spacial score (nSPS) is 37.3. The van der Waals surface area contributed by atoms with Crippen LogP contribution in [-0.2, 0) is 10.1 Å². The van der Waals surface area contributed by atoms with Crippen LogP contribution in [0.4, 0.5) is 0 Å². The maximum atomic E-state index is 6.10. The van der Waals surface area contributed by atoms with Crippen molar-refractivity contribution in [2.24, 2.45) is 0 Å². The largest absolute Gasteiger partial charge is 0.212 e. The molecular weight excluding hydrogens is 205 g/mol. The van der Waals surface area contributed by atoms with Crippen molar-refractivity contribution in [1.29, 1.82) is 0 Å². The number of rotatable bonds is 1. The van der Waals surface area contributed by atoms with E-state index in [2.05, 4.69) is 41.9 Å². The highest BCUT2D eigenvalue weighted by atomic mass is 31.1. The Labute approximate surface area is 92.5 Å². The van der Waals surface area contributed by atoms with E-state index in [-0.39, 0.29) is 14.6 Å². The van der Waals surface area contributed by atoms with Crippen molar-refractivity contribution in [3.05, 3.63) is 35.9 Å². The molecule has 0 N–H and O–H groups in total. The summed E-state index contributed by atoms with van der Waals surface area (Å²) in [5.41, 5.74) is 1.29. The van der Waals surface area contributed by atoms with Gasteiger partial charge in [-0.05, 0) is 25.3 Å². The molecule has 0 spiro atoms. The lowest BCUT2D eigenvalue weighted by Gasteiger charge is -2.25. The molecule has 1 unspecified atom stereocenters. The predicted octanol–water partition coefficient (Wildman–Crippen LogP) is 2.64. The second-order valence-corrected chi connectivity index (χ2v) is 5.70. The lowest BCUT2D eigenvalue weighted by Crippen LogP contribution is -2.36. The highest BCUT2D eigenvalue weighted by Crippen LogP contribution is 2.52. The van der Waals surface area contributed by atoms with Crippen molar-refractivity contribution < 1.29 is 4.52 Å². The Kier molecular flexibility index (Phi) is 2.31. The summed E-state index contributed by atoms with van der Waals surface area (Å²) in [5, 5.41) is 0. The van der Waals surface area contributed by atoms with Gasteiger partial charge in [-0.15, -0.1) is 0 Å². The van der Waals surface area contributed by atoms with Gasteiger partial charge in [0.15, 0.2) is 14.6 Å². The van der Waals surface area contributed by atoms with Gasteiger partial charge in [0.05, 0.1) is 6.04 Å². The van der Waals surface area contributed by atoms with E-state index < -0.39 is 0 Å². The van der Waals surface area contributed by atoms with Crippen LogP contribution in [0.2, 0.25) is 0 Å². The maximum Gasteiger partial charge on any atom is 0.191 e. The Balaban J connectivity index is 1.97. The molecule has 2 heterocycles. The summed E-state index contributed by atoms with van der Waals surface area (Å²) >= 11 is 0. The first kappa shape index (κ1) is 9.77. The van der Waals surface area contributed by atoms with Crippen molar-refractivity contribution in [2.45, 2.75) is 31.4 Å². The lowest BCUT2D eigenvalue weighted by atomic mass is 9.87. The Morgan fingerprint density at radius 1 is 1.40 bits per heavy atom. The predicted molar refractivity (Wildman–Crippen MR) is 64.3 cm³/mol. The van der Waals surface area contributed by atoms with Gasteiger partial charge in [0, 0.05) is 6.54 Å². The Morgan fingerprint density at radius 2 is 2.20 bits per heavy atom. The smallest absolute Gasteiger partial charge is 0.191 e. The number of nitrogens with zero attached hydrogens (tertiary/aromatic N) is 1. The van der Waals surface area contributed by atoms with Crippen LogP contribution in [0, 0.1) is 0 Å². The zero-order valence-electron chi connectivity index (χ0n) is 9.02. The fourth-order valence-corrected chi connectivity index (χ4v) is 4.31. The summed E-state index contributed by atoms with van der Waals surface area (Å²) in [5.74, 6) is 0. The molecule has 0 radical (unpaired) electrons. The van der Waals surface area contributed by atoms with Gasteiger partial charge in [0.2, 0.25) is 0 Å². The summed E-state index contributed by atoms with van der Waals surface area (Å²) in [7, 11) is 0.0552. The first-order valence-electron chi connectivity index (χ1n) is 5.63. The minimum Gasteiger partial charge on any atom is -0.212 e. The van der Waals surface area contributed by atoms with Gasteiger partial charge in [-0.2, -0.15) is 4.67 Å². The molecule has 80 valence electrons. The molecule has 2 nitrogen and oxygen atoms in total. The van der Waals surface area contributed by atoms with Crippen LogP contribution in [0.3, 0.4) is 0 Å². The van der Waals surface area contributed by atoms with E-state index >= 15 is 0 Å². The summed E-state index contributed by atoms with van der Waals surface area (Å²) in [6.45, 7) is 3.49. The third-order valence-corrected chi connectivity index (χ3v) is 5.19. The van der Waals surface area contributed by atoms with Gasteiger partial charge < -0.3 is 0 Å². The zero-order chi connectivity index (χ0) is 10.3. The van der Waals surface area contributed by atoms with Crippen molar-refractivity contribution in [2.75, 3.05) is 6.54 Å². The third-order valence-electron chi connectivity index (χ3n) is 3.71. The van der Waals surface area contributed by atoms with Gasteiger partial charge in [0.1, 0.15) is 0 Å². The Hall–Kier alpha value is -0.430. The quantitative estimate of drug-likeness (QED) is 0.677. The Morgan fingerprint density at radius 3 is 3.00 bits per heavy atom. The topological polar surface area (TPSA) is 12.5 Å². The molecule has 15 heavy (non-hydrogen) atoms. The molecular formula is C12H17NOP+. The van der Waals surface area contributed by atoms with E-state index in [9.17, 15) is 0 Å². The van der Waals surface area contributed by atoms with E-state index in [1.165, 1.54) is 24.9 Å². The molecule has 0 bridgehead atoms. The molecule has 0 aliphatic carbocycles. The van der Waals surface area contributed by atoms with Crippen LogP contribution < -0.4 is 0 Å². The van der Waals surface area contributed by atoms with Crippen LogP contribution >= 0.6 is 8.96 Å². The van der Waals surface area contributed by atoms with E-state index in [1.807, 2.05) is 0 Å². The zero-order valence-corrected chi connectivity index (χ0v) is 10.2. The van der Waals surface area contributed by atoms with Crippen LogP contribution in [0.1, 0.15) is 25.3 Å². The first-order chi connectivity index (χ1) is 7.31. The molecule has 3 atom stereocenters. The maximum absolute atomic E-state index is 6.10. The highest BCUT2D eigenvalue weighted by molar-refractivity contribution is 7.29. The molecule has 2 aliphatic heterocycles. The highest BCUT2D eigenvalue weighted by Gasteiger charge is 2.53. The average Bonchev–Trinajstić information content (AvgIpc) is 2.85. The van der Waals surface area contributed by atoms with E-state index in [1.54, 1.807) is 0 Å². The van der Waals surface area contributed by atoms with Gasteiger partial charge in [-0.1, -0.05) is 30.3 Å². The van der Waals surface area contributed by atoms with E-state index in [4.69, 9.17) is 4.52 Å². The van der Waals surface area contributed by atoms with Crippen LogP contribution in [-0.4, -0.2) is 17.3 Å². The van der Waals surface area contributed by atoms with Crippen molar-refractivity contribution in [3.8, 4) is 0 Å². The molecule has 0 saturated carbocycles. The summed E-state index contributed by atoms with van der Waals surface area (Å²) < 4.78 is 8.65. The molecule has 3 heteroatoms. The lowest BCUT2D eigenvalue weighted by molar-refractivity contribution is 0.0904. The number of benzene rings is 1. The van der Waals surface area contributed by atoms with Gasteiger partial charge in [-0.25, -0.2) is 4.52 Å². The average molecular weight is 222 g/mol. The van der Waals surface area contributed by atoms with Gasteiger partial charge >= 0.3 is 0 Å². The fraction of sp³-hybridized carbons (Fsp3) is 0.500. The number of hydrogen-bond acceptors (Lipinski definition) is 2. The molecule has 3 rings (SSSR count). The van der Waals surface area contributed by atoms with Gasteiger partial charge in [-0.3, -0.25) is 0 Å². The second kappa shape index (κ2) is 3.55. The SMILES string of the molecule is C[C@]1(c2ccccc2)O[PH2+]N2CCC[C@H]21. The summed E-state index contributed by atoms with van der Waals surface area (Å²) in [6, 6.07) is 11.3. The summed E-state index contributed by atoms with van der Waals surface area (Å²) in [6.07, 6.45) is 2.63. The summed E-state index contributed by atoms with van der Waals surface area (Å²) in [4.78, 5) is 0. The monoisotopic (exact) mass is 222 g/mol. The third kappa shape index (κ3) is 1.44. The number of fused-ring (bicyclic) bond motifs is 1. The Bertz CT molecular complexity index is 356. The van der Waals surface area contributed by atoms with Crippen LogP contribution in [0.5, 0.6) is 0 Å². The fourth-order valence-electron chi connectivity index (χ4n) is 2.79.